The molecule has 1 N–H and O–H groups in total. The zero-order chi connectivity index (χ0) is 17.1. The topological polar surface area (TPSA) is 53.0 Å². The average Bonchev–Trinajstić information content (AvgIpc) is 3.03. The highest BCUT2D eigenvalue weighted by Gasteiger charge is 2.41. The van der Waals surface area contributed by atoms with Crippen molar-refractivity contribution in [2.75, 3.05) is 32.1 Å². The van der Waals surface area contributed by atoms with Gasteiger partial charge in [-0.2, -0.15) is 0 Å². The molecule has 3 unspecified atom stereocenters. The Labute approximate surface area is 144 Å². The van der Waals surface area contributed by atoms with Crippen LogP contribution in [0.15, 0.2) is 30.3 Å². The van der Waals surface area contributed by atoms with Crippen molar-refractivity contribution in [1.82, 2.24) is 4.90 Å². The van der Waals surface area contributed by atoms with Crippen LogP contribution in [0.2, 0.25) is 0 Å². The van der Waals surface area contributed by atoms with Crippen molar-refractivity contribution in [1.29, 1.82) is 0 Å². The molecule has 0 bridgehead atoms. The predicted octanol–water partition coefficient (Wildman–Crippen LogP) is 1.90. The summed E-state index contributed by atoms with van der Waals surface area (Å²) in [4.78, 5) is 16.5. The van der Waals surface area contributed by atoms with Gasteiger partial charge in [-0.15, -0.1) is 0 Å². The highest BCUT2D eigenvalue weighted by molar-refractivity contribution is 5.72. The molecular formula is C19H28N2O3. The predicted molar refractivity (Wildman–Crippen MR) is 94.0 cm³/mol. The van der Waals surface area contributed by atoms with Crippen molar-refractivity contribution >= 4 is 11.7 Å². The van der Waals surface area contributed by atoms with Crippen LogP contribution in [0, 0.1) is 5.92 Å². The van der Waals surface area contributed by atoms with Gasteiger partial charge in [-0.3, -0.25) is 9.69 Å². The molecule has 3 rings (SSSR count). The molecule has 5 nitrogen and oxygen atoms in total. The molecule has 0 amide bonds. The van der Waals surface area contributed by atoms with Gasteiger partial charge in [0.1, 0.15) is 0 Å². The van der Waals surface area contributed by atoms with E-state index >= 15 is 0 Å². The summed E-state index contributed by atoms with van der Waals surface area (Å²) >= 11 is 0. The van der Waals surface area contributed by atoms with Crippen molar-refractivity contribution in [2.45, 2.75) is 43.9 Å². The Kier molecular flexibility index (Phi) is 5.41. The number of ether oxygens (including phenoxy) is 1. The first kappa shape index (κ1) is 17.2. The lowest BCUT2D eigenvalue weighted by atomic mass is 10.00. The summed E-state index contributed by atoms with van der Waals surface area (Å²) in [5.74, 6) is -0.338. The highest BCUT2D eigenvalue weighted by Crippen LogP contribution is 2.33. The minimum Gasteiger partial charge on any atom is -0.469 e. The molecule has 132 valence electrons. The van der Waals surface area contributed by atoms with E-state index in [9.17, 15) is 9.90 Å². The van der Waals surface area contributed by atoms with Crippen molar-refractivity contribution in [3.05, 3.63) is 30.3 Å². The zero-order valence-electron chi connectivity index (χ0n) is 14.6. The van der Waals surface area contributed by atoms with Crippen LogP contribution in [-0.2, 0) is 9.53 Å². The summed E-state index contributed by atoms with van der Waals surface area (Å²) in [6.45, 7) is 1.94. The van der Waals surface area contributed by atoms with Gasteiger partial charge in [-0.1, -0.05) is 18.2 Å². The van der Waals surface area contributed by atoms with Gasteiger partial charge >= 0.3 is 5.97 Å². The first-order valence-corrected chi connectivity index (χ1v) is 8.88. The maximum absolute atomic E-state index is 11.7. The van der Waals surface area contributed by atoms with E-state index in [0.29, 0.717) is 18.9 Å². The number of para-hydroxylation sites is 1. The summed E-state index contributed by atoms with van der Waals surface area (Å²) < 4.78 is 4.84. The number of esters is 1. The van der Waals surface area contributed by atoms with E-state index in [0.717, 1.165) is 25.9 Å². The number of nitrogens with zero attached hydrogens (tertiary/aromatic N) is 2. The van der Waals surface area contributed by atoms with Crippen LogP contribution < -0.4 is 4.90 Å². The monoisotopic (exact) mass is 332 g/mol. The van der Waals surface area contributed by atoms with Gasteiger partial charge in [0.05, 0.1) is 19.1 Å². The lowest BCUT2D eigenvalue weighted by Crippen LogP contribution is -2.49. The van der Waals surface area contributed by atoms with E-state index < -0.39 is 6.10 Å². The molecule has 3 atom stereocenters. The quantitative estimate of drug-likeness (QED) is 0.854. The second-order valence-electron chi connectivity index (χ2n) is 7.04. The fourth-order valence-electron chi connectivity index (χ4n) is 4.22. The van der Waals surface area contributed by atoms with Crippen LogP contribution in [0.25, 0.3) is 0 Å². The molecular weight excluding hydrogens is 304 g/mol. The Morgan fingerprint density at radius 1 is 1.21 bits per heavy atom. The number of likely N-dealkylation sites (tertiary alicyclic amines) is 1. The van der Waals surface area contributed by atoms with E-state index in [1.807, 2.05) is 6.07 Å². The van der Waals surface area contributed by atoms with E-state index in [1.165, 1.54) is 12.8 Å². The fraction of sp³-hybridized carbons (Fsp3) is 0.632. The van der Waals surface area contributed by atoms with Crippen LogP contribution in [-0.4, -0.2) is 61.4 Å². The molecule has 1 saturated carbocycles. The van der Waals surface area contributed by atoms with Crippen molar-refractivity contribution in [3.63, 3.8) is 0 Å². The summed E-state index contributed by atoms with van der Waals surface area (Å²) in [5, 5.41) is 10.3. The van der Waals surface area contributed by atoms with E-state index in [1.54, 1.807) is 0 Å². The van der Waals surface area contributed by atoms with Crippen molar-refractivity contribution in [3.8, 4) is 0 Å². The number of carbonyl (C=O) groups excluding carboxylic acids is 1. The molecule has 5 heteroatoms. The number of piperidine rings is 1. The Morgan fingerprint density at radius 2 is 1.88 bits per heavy atom. The number of hydrogen-bond donors (Lipinski definition) is 1. The Balaban J connectivity index is 1.55. The number of hydrogen-bond acceptors (Lipinski definition) is 5. The standard InChI is InChI=1S/C19H28N2O3/c1-20(15-6-4-3-5-7-15)16-8-10-21(11-9-16)17-12-14(13-18(17)22)19(23)24-2/h3-7,14,16-18,22H,8-13H2,1-2H3. The first-order chi connectivity index (χ1) is 11.6. The second-order valence-corrected chi connectivity index (χ2v) is 7.04. The van der Waals surface area contributed by atoms with Crippen LogP contribution in [0.1, 0.15) is 25.7 Å². The Bertz CT molecular complexity index is 543. The third-order valence-corrected chi connectivity index (χ3v) is 5.71. The first-order valence-electron chi connectivity index (χ1n) is 8.88. The third kappa shape index (κ3) is 3.57. The smallest absolute Gasteiger partial charge is 0.308 e. The lowest BCUT2D eigenvalue weighted by molar-refractivity contribution is -0.145. The molecule has 24 heavy (non-hydrogen) atoms. The van der Waals surface area contributed by atoms with E-state index in [-0.39, 0.29) is 17.9 Å². The number of aliphatic hydroxyl groups excluding tert-OH is 1. The molecule has 0 spiro atoms. The largest absolute Gasteiger partial charge is 0.469 e. The van der Waals surface area contributed by atoms with Crippen LogP contribution in [0.4, 0.5) is 5.69 Å². The molecule has 2 fully saturated rings. The third-order valence-electron chi connectivity index (χ3n) is 5.71. The number of rotatable bonds is 4. The number of methoxy groups -OCH3 is 1. The molecule has 1 aromatic rings. The maximum Gasteiger partial charge on any atom is 0.308 e. The van der Waals surface area contributed by atoms with E-state index in [2.05, 4.69) is 41.1 Å². The SMILES string of the molecule is COC(=O)C1CC(O)C(N2CCC(N(C)c3ccccc3)CC2)C1. The molecule has 2 aliphatic rings. The van der Waals surface area contributed by atoms with Gasteiger partial charge in [0, 0.05) is 37.9 Å². The van der Waals surface area contributed by atoms with Crippen molar-refractivity contribution < 1.29 is 14.6 Å². The summed E-state index contributed by atoms with van der Waals surface area (Å²) in [7, 11) is 3.58. The van der Waals surface area contributed by atoms with Crippen LogP contribution in [0.5, 0.6) is 0 Å². The van der Waals surface area contributed by atoms with Crippen LogP contribution in [0.3, 0.4) is 0 Å². The van der Waals surface area contributed by atoms with Gasteiger partial charge < -0.3 is 14.7 Å². The second kappa shape index (κ2) is 7.53. The normalized spacial score (nSPS) is 28.7. The number of anilines is 1. The Morgan fingerprint density at radius 3 is 2.50 bits per heavy atom. The molecule has 1 aliphatic carbocycles. The molecule has 1 heterocycles. The summed E-state index contributed by atoms with van der Waals surface area (Å²) in [5.41, 5.74) is 1.25. The molecule has 0 aromatic heterocycles. The van der Waals surface area contributed by atoms with Gasteiger partial charge in [0.2, 0.25) is 0 Å². The fourth-order valence-corrected chi connectivity index (χ4v) is 4.22. The minimum absolute atomic E-state index is 0.0945. The lowest BCUT2D eigenvalue weighted by Gasteiger charge is -2.41. The van der Waals surface area contributed by atoms with E-state index in [4.69, 9.17) is 4.74 Å². The minimum atomic E-state index is -0.419. The molecule has 1 saturated heterocycles. The highest BCUT2D eigenvalue weighted by atomic mass is 16.5. The molecule has 1 aliphatic heterocycles. The van der Waals surface area contributed by atoms with Gasteiger partial charge in [0.15, 0.2) is 0 Å². The maximum atomic E-state index is 11.7. The summed E-state index contributed by atoms with van der Waals surface area (Å²) in [6.07, 6.45) is 2.99. The average molecular weight is 332 g/mol. The number of carbonyl (C=O) groups is 1. The molecule has 0 radical (unpaired) electrons. The van der Waals surface area contributed by atoms with Gasteiger partial charge in [0.25, 0.3) is 0 Å². The number of benzene rings is 1. The van der Waals surface area contributed by atoms with Gasteiger partial charge in [-0.05, 0) is 37.8 Å². The zero-order valence-corrected chi connectivity index (χ0v) is 14.6. The van der Waals surface area contributed by atoms with Crippen LogP contribution >= 0.6 is 0 Å². The molecule has 1 aromatic carbocycles. The number of aliphatic hydroxyl groups is 1. The van der Waals surface area contributed by atoms with Gasteiger partial charge in [-0.25, -0.2) is 0 Å². The Hall–Kier alpha value is -1.59. The summed E-state index contributed by atoms with van der Waals surface area (Å²) in [6, 6.07) is 11.1. The van der Waals surface area contributed by atoms with Crippen molar-refractivity contribution in [2.24, 2.45) is 5.92 Å².